The summed E-state index contributed by atoms with van der Waals surface area (Å²) in [6, 6.07) is 0. The average molecular weight is 409 g/mol. The number of hydrogen-bond donors (Lipinski definition) is 2. The lowest BCUT2D eigenvalue weighted by Gasteiger charge is -2.49. The van der Waals surface area contributed by atoms with E-state index < -0.39 is 28.2 Å². The molecule has 9 nitrogen and oxygen atoms in total. The molecular weight excluding hydrogens is 374 g/mol. The lowest BCUT2D eigenvalue weighted by atomic mass is 9.75. The van der Waals surface area contributed by atoms with Crippen molar-refractivity contribution in [2.75, 3.05) is 11.1 Å². The number of nitrogens with two attached hydrogens (primary N) is 1. The number of piperidine rings is 1. The minimum atomic E-state index is -0.710. The Morgan fingerprint density at radius 1 is 1.03 bits per heavy atom. The third-order valence-corrected chi connectivity index (χ3v) is 5.57. The van der Waals surface area contributed by atoms with Gasteiger partial charge in [-0.3, -0.25) is 18.7 Å². The third-order valence-electron chi connectivity index (χ3n) is 5.57. The highest BCUT2D eigenvalue weighted by Gasteiger charge is 2.48. The predicted octanol–water partition coefficient (Wildman–Crippen LogP) is 1.97. The first-order valence-electron chi connectivity index (χ1n) is 10.3. The standard InChI is InChI=1S/C20H34N5O4/c1-7-9-23-15(21)14(17(27)24(10-8-2)18(23)28)22-16(26)13-11-19(3,4)25(29)20(5,6)12-13/h13H,7-12,21H2,1-6H3,(H,22,26). The van der Waals surface area contributed by atoms with E-state index >= 15 is 0 Å². The van der Waals surface area contributed by atoms with Gasteiger partial charge in [0.1, 0.15) is 11.5 Å². The Hall–Kier alpha value is -2.13. The smallest absolute Gasteiger partial charge is 0.332 e. The highest BCUT2D eigenvalue weighted by molar-refractivity contribution is 5.94. The minimum absolute atomic E-state index is 0.0256. The summed E-state index contributed by atoms with van der Waals surface area (Å²) in [6.07, 6.45) is 1.99. The van der Waals surface area contributed by atoms with Crippen molar-refractivity contribution in [3.05, 3.63) is 20.8 Å². The molecule has 3 N–H and O–H groups in total. The van der Waals surface area contributed by atoms with Crippen molar-refractivity contribution in [1.29, 1.82) is 0 Å². The van der Waals surface area contributed by atoms with Gasteiger partial charge in [-0.25, -0.2) is 4.79 Å². The number of amides is 1. The van der Waals surface area contributed by atoms with E-state index in [0.717, 1.165) is 9.63 Å². The monoisotopic (exact) mass is 408 g/mol. The number of rotatable bonds is 6. The topological polar surface area (TPSA) is 122 Å². The first kappa shape index (κ1) is 23.2. The van der Waals surface area contributed by atoms with E-state index in [1.165, 1.54) is 4.57 Å². The van der Waals surface area contributed by atoms with Gasteiger partial charge < -0.3 is 11.1 Å². The molecule has 1 aromatic heterocycles. The highest BCUT2D eigenvalue weighted by Crippen LogP contribution is 2.40. The van der Waals surface area contributed by atoms with Crippen LogP contribution in [0, 0.1) is 5.92 Å². The Bertz CT molecular complexity index is 866. The van der Waals surface area contributed by atoms with Crippen LogP contribution in [-0.2, 0) is 23.1 Å². The van der Waals surface area contributed by atoms with Crippen LogP contribution in [0.15, 0.2) is 9.59 Å². The van der Waals surface area contributed by atoms with Crippen LogP contribution >= 0.6 is 0 Å². The van der Waals surface area contributed by atoms with Gasteiger partial charge in [0.25, 0.3) is 5.56 Å². The van der Waals surface area contributed by atoms with E-state index in [1.807, 2.05) is 41.5 Å². The van der Waals surface area contributed by atoms with Crippen molar-refractivity contribution in [2.24, 2.45) is 5.92 Å². The molecule has 2 heterocycles. The van der Waals surface area contributed by atoms with Crippen molar-refractivity contribution in [3.8, 4) is 0 Å². The van der Waals surface area contributed by atoms with Gasteiger partial charge in [-0.1, -0.05) is 13.8 Å². The number of hydrogen-bond acceptors (Lipinski definition) is 5. The summed E-state index contributed by atoms with van der Waals surface area (Å²) in [5.74, 6) is -0.828. The first-order chi connectivity index (χ1) is 13.4. The summed E-state index contributed by atoms with van der Waals surface area (Å²) in [5.41, 5.74) is 3.59. The molecule has 0 aromatic carbocycles. The second-order valence-electron chi connectivity index (χ2n) is 9.16. The number of carbonyl (C=O) groups is 1. The molecule has 1 amide bonds. The van der Waals surface area contributed by atoms with Crippen LogP contribution in [0.5, 0.6) is 0 Å². The molecule has 29 heavy (non-hydrogen) atoms. The summed E-state index contributed by atoms with van der Waals surface area (Å²) in [7, 11) is 0. The molecule has 0 bridgehead atoms. The molecular formula is C20H34N5O4. The maximum atomic E-state index is 13.1. The van der Waals surface area contributed by atoms with Crippen LogP contribution in [0.1, 0.15) is 67.2 Å². The van der Waals surface area contributed by atoms with E-state index in [0.29, 0.717) is 32.2 Å². The van der Waals surface area contributed by atoms with Crippen LogP contribution in [0.3, 0.4) is 0 Å². The quantitative estimate of drug-likeness (QED) is 0.745. The van der Waals surface area contributed by atoms with Crippen LogP contribution in [-0.4, -0.2) is 31.2 Å². The van der Waals surface area contributed by atoms with Gasteiger partial charge in [-0.2, -0.15) is 0 Å². The molecule has 163 valence electrons. The van der Waals surface area contributed by atoms with Crippen molar-refractivity contribution in [2.45, 2.75) is 91.4 Å². The Morgan fingerprint density at radius 2 is 1.52 bits per heavy atom. The Morgan fingerprint density at radius 3 is 2.00 bits per heavy atom. The number of nitrogen functional groups attached to an aromatic ring is 1. The molecule has 2 rings (SSSR count). The molecule has 1 aliphatic heterocycles. The predicted molar refractivity (Wildman–Crippen MR) is 112 cm³/mol. The second kappa shape index (κ2) is 8.31. The molecule has 1 saturated heterocycles. The molecule has 1 aromatic rings. The van der Waals surface area contributed by atoms with Crippen molar-refractivity contribution in [3.63, 3.8) is 0 Å². The fraction of sp³-hybridized carbons (Fsp3) is 0.750. The normalized spacial score (nSPS) is 19.3. The SMILES string of the molecule is CCCn1c(N)c(NC(=O)C2CC(C)(C)N([O])C(C)(C)C2)c(=O)n(CCC)c1=O. The van der Waals surface area contributed by atoms with Gasteiger partial charge in [0.15, 0.2) is 0 Å². The average Bonchev–Trinajstić information content (AvgIpc) is 2.63. The summed E-state index contributed by atoms with van der Waals surface area (Å²) in [5, 5.41) is 16.3. The van der Waals surface area contributed by atoms with Crippen LogP contribution in [0.4, 0.5) is 11.5 Å². The van der Waals surface area contributed by atoms with Crippen molar-refractivity contribution >= 4 is 17.4 Å². The molecule has 0 spiro atoms. The lowest BCUT2D eigenvalue weighted by Crippen LogP contribution is -2.59. The van der Waals surface area contributed by atoms with Crippen molar-refractivity contribution in [1.82, 2.24) is 14.2 Å². The Balaban J connectivity index is 2.44. The summed E-state index contributed by atoms with van der Waals surface area (Å²) < 4.78 is 2.45. The van der Waals surface area contributed by atoms with Gasteiger partial charge >= 0.3 is 5.69 Å². The lowest BCUT2D eigenvalue weighted by molar-refractivity contribution is -0.292. The van der Waals surface area contributed by atoms with E-state index in [1.54, 1.807) is 0 Å². The largest absolute Gasteiger partial charge is 0.383 e. The van der Waals surface area contributed by atoms with Crippen molar-refractivity contribution < 1.29 is 10.0 Å². The zero-order valence-electron chi connectivity index (χ0n) is 18.4. The first-order valence-corrected chi connectivity index (χ1v) is 10.3. The van der Waals surface area contributed by atoms with Crippen LogP contribution < -0.4 is 22.3 Å². The summed E-state index contributed by atoms with van der Waals surface area (Å²) >= 11 is 0. The van der Waals surface area contributed by atoms with Gasteiger partial charge in [0.2, 0.25) is 5.91 Å². The van der Waals surface area contributed by atoms with Gasteiger partial charge in [0.05, 0.1) is 0 Å². The molecule has 0 saturated carbocycles. The van der Waals surface area contributed by atoms with Gasteiger partial charge in [0, 0.05) is 30.1 Å². The number of anilines is 2. The number of carbonyl (C=O) groups excluding carboxylic acids is 1. The molecule has 0 atom stereocenters. The molecule has 1 aliphatic rings. The zero-order valence-corrected chi connectivity index (χ0v) is 18.4. The number of nitrogens with zero attached hydrogens (tertiary/aromatic N) is 3. The molecule has 1 fully saturated rings. The summed E-state index contributed by atoms with van der Waals surface area (Å²) in [4.78, 5) is 38.6. The molecule has 1 radical (unpaired) electrons. The maximum absolute atomic E-state index is 13.1. The number of nitrogens with one attached hydrogen (secondary N) is 1. The molecule has 0 aliphatic carbocycles. The zero-order chi connectivity index (χ0) is 22.1. The highest BCUT2D eigenvalue weighted by atomic mass is 16.5. The Kier molecular flexibility index (Phi) is 6.64. The van der Waals surface area contributed by atoms with Crippen LogP contribution in [0.25, 0.3) is 0 Å². The molecule has 9 heteroatoms. The van der Waals surface area contributed by atoms with E-state index in [9.17, 15) is 19.6 Å². The van der Waals surface area contributed by atoms with Crippen LogP contribution in [0.2, 0.25) is 0 Å². The fourth-order valence-electron chi connectivity index (χ4n) is 4.37. The minimum Gasteiger partial charge on any atom is -0.383 e. The Labute approximate surface area is 171 Å². The van der Waals surface area contributed by atoms with E-state index in [4.69, 9.17) is 5.73 Å². The second-order valence-corrected chi connectivity index (χ2v) is 9.16. The summed E-state index contributed by atoms with van der Waals surface area (Å²) in [6.45, 7) is 11.6. The van der Waals surface area contributed by atoms with E-state index in [2.05, 4.69) is 5.32 Å². The number of hydroxylamine groups is 2. The molecule has 0 unspecified atom stereocenters. The van der Waals surface area contributed by atoms with Gasteiger partial charge in [-0.15, -0.1) is 10.3 Å². The number of aromatic nitrogens is 2. The third kappa shape index (κ3) is 4.40. The van der Waals surface area contributed by atoms with Gasteiger partial charge in [-0.05, 0) is 53.4 Å². The maximum Gasteiger partial charge on any atom is 0.332 e. The van der Waals surface area contributed by atoms with E-state index in [-0.39, 0.29) is 24.0 Å². The fourth-order valence-corrected chi connectivity index (χ4v) is 4.37.